The molecule has 1 atom stereocenters. The summed E-state index contributed by atoms with van der Waals surface area (Å²) in [6.07, 6.45) is 6.34. The van der Waals surface area contributed by atoms with Gasteiger partial charge in [-0.1, -0.05) is 139 Å². The molecule has 0 heterocycles. The van der Waals surface area contributed by atoms with Crippen molar-refractivity contribution in [2.24, 2.45) is 0 Å². The Labute approximate surface area is 210 Å². The highest BCUT2D eigenvalue weighted by Gasteiger charge is 2.33. The Bertz CT molecular complexity index is 1170. The fourth-order valence-electron chi connectivity index (χ4n) is 4.57. The van der Waals surface area contributed by atoms with Crippen LogP contribution >= 0.6 is 27.4 Å². The molecule has 3 heteroatoms. The molecular weight excluding hydrogens is 470 g/mol. The van der Waals surface area contributed by atoms with Crippen molar-refractivity contribution in [3.05, 3.63) is 144 Å². The molecule has 1 aliphatic rings. The highest BCUT2D eigenvalue weighted by molar-refractivity contribution is 7.77. The Balaban J connectivity index is 1.65. The molecule has 4 aromatic rings. The summed E-state index contributed by atoms with van der Waals surface area (Å²) in [4.78, 5) is 0. The van der Waals surface area contributed by atoms with E-state index in [4.69, 9.17) is 11.6 Å². The van der Waals surface area contributed by atoms with Crippen molar-refractivity contribution < 1.29 is 0 Å². The van der Waals surface area contributed by atoms with Gasteiger partial charge in [0.05, 0.1) is 0 Å². The normalized spacial score (nSPS) is 14.2. The summed E-state index contributed by atoms with van der Waals surface area (Å²) in [6, 6.07) is 44.2. The van der Waals surface area contributed by atoms with Gasteiger partial charge in [0.25, 0.3) is 0 Å². The third kappa shape index (κ3) is 5.26. The lowest BCUT2D eigenvalue weighted by Gasteiger charge is -2.33. The van der Waals surface area contributed by atoms with Crippen molar-refractivity contribution in [3.63, 3.8) is 0 Å². The average molecular weight is 497 g/mol. The molecule has 168 valence electrons. The van der Waals surface area contributed by atoms with Gasteiger partial charge < -0.3 is 0 Å². The van der Waals surface area contributed by atoms with Crippen molar-refractivity contribution in [1.29, 1.82) is 0 Å². The lowest BCUT2D eigenvalue weighted by molar-refractivity contribution is 1.06. The third-order valence-corrected chi connectivity index (χ3v) is 12.2. The highest BCUT2D eigenvalue weighted by atomic mass is 35.5. The van der Waals surface area contributed by atoms with E-state index < -0.39 is 15.8 Å². The van der Waals surface area contributed by atoms with Crippen LogP contribution < -0.4 is 21.2 Å². The number of hydrogen-bond donors (Lipinski definition) is 0. The minimum atomic E-state index is -0.631. The molecule has 0 aromatic heterocycles. The topological polar surface area (TPSA) is 0 Å². The molecule has 0 radical (unpaired) electrons. The van der Waals surface area contributed by atoms with Gasteiger partial charge in [0.2, 0.25) is 0 Å². The van der Waals surface area contributed by atoms with Gasteiger partial charge in [-0.2, -0.15) is 0 Å². The monoisotopic (exact) mass is 496 g/mol. The van der Waals surface area contributed by atoms with E-state index >= 15 is 0 Å². The lowest BCUT2D eigenvalue weighted by Crippen LogP contribution is -2.29. The van der Waals surface area contributed by atoms with E-state index in [0.29, 0.717) is 5.66 Å². The first-order chi connectivity index (χ1) is 16.8. The van der Waals surface area contributed by atoms with Crippen LogP contribution in [0.5, 0.6) is 0 Å². The van der Waals surface area contributed by atoms with Gasteiger partial charge in [-0.05, 0) is 61.3 Å². The number of allylic oxidation sites excluding steroid dienone is 4. The van der Waals surface area contributed by atoms with Crippen LogP contribution in [0.1, 0.15) is 6.42 Å². The summed E-state index contributed by atoms with van der Waals surface area (Å²) in [6.45, 7) is 0. The Kier molecular flexibility index (Phi) is 7.72. The van der Waals surface area contributed by atoms with Crippen LogP contribution in [-0.2, 0) is 0 Å². The zero-order valence-corrected chi connectivity index (χ0v) is 21.5. The Morgan fingerprint density at radius 3 is 1.38 bits per heavy atom. The molecule has 0 bridgehead atoms. The van der Waals surface area contributed by atoms with Crippen LogP contribution in [0, 0.1) is 0 Å². The zero-order chi connectivity index (χ0) is 23.2. The molecule has 0 N–H and O–H groups in total. The minimum absolute atomic E-state index is 0.355. The fraction of sp³-hybridized carbons (Fsp3) is 0.0968. The first-order valence-corrected chi connectivity index (χ1v) is 14.9. The predicted molar refractivity (Wildman–Crippen MR) is 153 cm³/mol. The standard InChI is InChI=1S/C31H27ClP2/c32-30-23-13-22-29(30)31(34(27-18-9-3-10-19-27)28-20-11-4-12-21-28)24-33(25-14-5-1-6-15-25)26-16-7-2-8-17-26/h1-21,23,31H,22,24H2. The molecular formula is C31H27ClP2. The first kappa shape index (κ1) is 23.3. The number of halogens is 1. The van der Waals surface area contributed by atoms with Crippen LogP contribution in [0.4, 0.5) is 0 Å². The first-order valence-electron chi connectivity index (χ1n) is 11.6. The number of hydrogen-bond acceptors (Lipinski definition) is 0. The summed E-state index contributed by atoms with van der Waals surface area (Å²) >= 11 is 6.88. The van der Waals surface area contributed by atoms with Gasteiger partial charge in [0.1, 0.15) is 0 Å². The van der Waals surface area contributed by atoms with Crippen LogP contribution in [0.25, 0.3) is 0 Å². The van der Waals surface area contributed by atoms with Gasteiger partial charge in [0.15, 0.2) is 0 Å². The Hall–Kier alpha value is -2.49. The third-order valence-electron chi connectivity index (χ3n) is 6.18. The fourth-order valence-corrected chi connectivity index (χ4v) is 11.0. The maximum Gasteiger partial charge on any atom is 0.0404 e. The van der Waals surface area contributed by atoms with Crippen molar-refractivity contribution in [1.82, 2.24) is 0 Å². The molecule has 5 rings (SSSR count). The summed E-state index contributed by atoms with van der Waals surface area (Å²) in [7, 11) is -1.17. The van der Waals surface area contributed by atoms with Crippen LogP contribution in [0.15, 0.2) is 144 Å². The SMILES string of the molecule is ClC1=C(C(CP(c2ccccc2)c2ccccc2)P(c2ccccc2)c2ccccc2)CC=C1. The molecule has 0 saturated heterocycles. The highest BCUT2D eigenvalue weighted by Crippen LogP contribution is 2.51. The second-order valence-corrected chi connectivity index (χ2v) is 13.4. The molecule has 0 nitrogen and oxygen atoms in total. The summed E-state index contributed by atoms with van der Waals surface area (Å²) < 4.78 is 0. The van der Waals surface area contributed by atoms with Crippen molar-refractivity contribution >= 4 is 48.7 Å². The predicted octanol–water partition coefficient (Wildman–Crippen LogP) is 7.07. The van der Waals surface area contributed by atoms with E-state index in [-0.39, 0.29) is 0 Å². The van der Waals surface area contributed by atoms with Gasteiger partial charge in [0, 0.05) is 10.7 Å². The summed E-state index contributed by atoms with van der Waals surface area (Å²) in [5.74, 6) is 0. The van der Waals surface area contributed by atoms with Crippen molar-refractivity contribution in [3.8, 4) is 0 Å². The van der Waals surface area contributed by atoms with Crippen LogP contribution in [0.2, 0.25) is 0 Å². The zero-order valence-electron chi connectivity index (χ0n) is 19.0. The molecule has 1 aliphatic carbocycles. The van der Waals surface area contributed by atoms with Gasteiger partial charge in [-0.15, -0.1) is 0 Å². The largest absolute Gasteiger partial charge is 0.0844 e. The van der Waals surface area contributed by atoms with Crippen molar-refractivity contribution in [2.75, 3.05) is 6.16 Å². The molecule has 1 unspecified atom stereocenters. The van der Waals surface area contributed by atoms with E-state index in [1.807, 2.05) is 0 Å². The molecule has 34 heavy (non-hydrogen) atoms. The Morgan fingerprint density at radius 2 is 1.00 bits per heavy atom. The molecule has 0 fully saturated rings. The molecule has 0 aliphatic heterocycles. The Morgan fingerprint density at radius 1 is 0.588 bits per heavy atom. The molecule has 0 spiro atoms. The van der Waals surface area contributed by atoms with E-state index in [1.165, 1.54) is 26.8 Å². The van der Waals surface area contributed by atoms with E-state index in [1.54, 1.807) is 0 Å². The minimum Gasteiger partial charge on any atom is -0.0844 e. The van der Waals surface area contributed by atoms with Gasteiger partial charge in [-0.3, -0.25) is 0 Å². The smallest absolute Gasteiger partial charge is 0.0404 e. The van der Waals surface area contributed by atoms with Crippen LogP contribution in [0.3, 0.4) is 0 Å². The van der Waals surface area contributed by atoms with Gasteiger partial charge >= 0.3 is 0 Å². The second kappa shape index (κ2) is 11.3. The van der Waals surface area contributed by atoms with Crippen LogP contribution in [-0.4, -0.2) is 11.8 Å². The van der Waals surface area contributed by atoms with E-state index in [2.05, 4.69) is 133 Å². The van der Waals surface area contributed by atoms with Gasteiger partial charge in [-0.25, -0.2) is 0 Å². The summed E-state index contributed by atoms with van der Waals surface area (Å²) in [5, 5.41) is 6.60. The number of rotatable bonds is 8. The number of benzene rings is 4. The molecule has 4 aromatic carbocycles. The quantitative estimate of drug-likeness (QED) is 0.229. The van der Waals surface area contributed by atoms with E-state index in [9.17, 15) is 0 Å². The van der Waals surface area contributed by atoms with E-state index in [0.717, 1.165) is 17.6 Å². The lowest BCUT2D eigenvalue weighted by atomic mass is 10.2. The molecule has 0 saturated carbocycles. The maximum absolute atomic E-state index is 6.88. The average Bonchev–Trinajstić information content (AvgIpc) is 3.34. The van der Waals surface area contributed by atoms with Crippen molar-refractivity contribution in [2.45, 2.75) is 12.1 Å². The maximum atomic E-state index is 6.88. The summed E-state index contributed by atoms with van der Waals surface area (Å²) in [5.41, 5.74) is 1.74. The molecule has 0 amide bonds. The second-order valence-electron chi connectivity index (χ2n) is 8.32.